The van der Waals surface area contributed by atoms with E-state index in [1.54, 1.807) is 12.5 Å². The number of imidazole rings is 1. The van der Waals surface area contributed by atoms with Gasteiger partial charge in [-0.2, -0.15) is 0 Å². The van der Waals surface area contributed by atoms with Crippen molar-refractivity contribution < 1.29 is 14.6 Å². The van der Waals surface area contributed by atoms with Crippen molar-refractivity contribution in [3.63, 3.8) is 0 Å². The van der Waals surface area contributed by atoms with Gasteiger partial charge in [0.15, 0.2) is 6.29 Å². The molecule has 5 nitrogen and oxygen atoms in total. The van der Waals surface area contributed by atoms with Crippen LogP contribution >= 0.6 is 11.6 Å². The van der Waals surface area contributed by atoms with E-state index in [1.807, 2.05) is 59.3 Å². The molecule has 1 aliphatic heterocycles. The van der Waals surface area contributed by atoms with Crippen molar-refractivity contribution in [2.24, 2.45) is 0 Å². The summed E-state index contributed by atoms with van der Waals surface area (Å²) in [6.07, 6.45) is 8.69. The average molecular weight is 427 g/mol. The Balaban J connectivity index is 1.61. The highest BCUT2D eigenvalue weighted by Crippen LogP contribution is 2.32. The lowest BCUT2D eigenvalue weighted by Crippen LogP contribution is -2.35. The Bertz CT molecular complexity index is 924. The topological polar surface area (TPSA) is 56.5 Å². The second kappa shape index (κ2) is 9.75. The van der Waals surface area contributed by atoms with Gasteiger partial charge >= 0.3 is 0 Å². The van der Waals surface area contributed by atoms with E-state index >= 15 is 0 Å². The van der Waals surface area contributed by atoms with E-state index in [1.165, 1.54) is 0 Å². The zero-order chi connectivity index (χ0) is 20.8. The molecule has 1 aromatic heterocycles. The van der Waals surface area contributed by atoms with Crippen molar-refractivity contribution in [3.8, 4) is 0 Å². The number of ether oxygens (including phenoxy) is 2. The Morgan fingerprint density at radius 2 is 2.00 bits per heavy atom. The molecule has 0 saturated carbocycles. The van der Waals surface area contributed by atoms with E-state index in [-0.39, 0.29) is 6.29 Å². The molecule has 1 N–H and O–H groups in total. The third-order valence-corrected chi connectivity index (χ3v) is 5.75. The van der Waals surface area contributed by atoms with Crippen molar-refractivity contribution >= 4 is 11.6 Å². The van der Waals surface area contributed by atoms with E-state index in [9.17, 15) is 5.11 Å². The summed E-state index contributed by atoms with van der Waals surface area (Å²) in [6.45, 7) is 1.52. The molecule has 1 saturated heterocycles. The fraction of sp³-hybridized carbons (Fsp3) is 0.375. The van der Waals surface area contributed by atoms with Crippen molar-refractivity contribution in [3.05, 3.63) is 89.0 Å². The summed E-state index contributed by atoms with van der Waals surface area (Å²) in [5.41, 5.74) is 1.68. The van der Waals surface area contributed by atoms with Crippen LogP contribution in [0.5, 0.6) is 0 Å². The second-order valence-electron chi connectivity index (χ2n) is 7.83. The SMILES string of the molecule is OC(Cc1ccc(Cl)cc1)(Cn1ccnc1)c1ccccc1COC1CCCCO1. The Morgan fingerprint density at radius 3 is 2.73 bits per heavy atom. The van der Waals surface area contributed by atoms with Crippen LogP contribution in [-0.4, -0.2) is 27.6 Å². The van der Waals surface area contributed by atoms with Crippen LogP contribution in [0.25, 0.3) is 0 Å². The molecule has 6 heteroatoms. The van der Waals surface area contributed by atoms with Gasteiger partial charge in [-0.15, -0.1) is 0 Å². The molecule has 2 atom stereocenters. The van der Waals surface area contributed by atoms with Gasteiger partial charge < -0.3 is 19.1 Å². The lowest BCUT2D eigenvalue weighted by molar-refractivity contribution is -0.169. The maximum atomic E-state index is 11.9. The predicted octanol–water partition coefficient (Wildman–Crippen LogP) is 4.71. The maximum Gasteiger partial charge on any atom is 0.158 e. The van der Waals surface area contributed by atoms with Crippen LogP contribution in [0.15, 0.2) is 67.3 Å². The second-order valence-corrected chi connectivity index (χ2v) is 8.27. The third-order valence-electron chi connectivity index (χ3n) is 5.49. The number of nitrogens with zero attached hydrogens (tertiary/aromatic N) is 2. The van der Waals surface area contributed by atoms with Gasteiger partial charge in [0.25, 0.3) is 0 Å². The first-order valence-electron chi connectivity index (χ1n) is 10.4. The molecule has 0 aliphatic carbocycles. The van der Waals surface area contributed by atoms with E-state index in [0.717, 1.165) is 42.6 Å². The minimum atomic E-state index is -1.14. The fourth-order valence-electron chi connectivity index (χ4n) is 3.98. The van der Waals surface area contributed by atoms with E-state index in [2.05, 4.69) is 4.98 Å². The van der Waals surface area contributed by atoms with Crippen LogP contribution < -0.4 is 0 Å². The molecule has 158 valence electrons. The molecule has 0 bridgehead atoms. The minimum Gasteiger partial charge on any atom is -0.383 e. The number of rotatable bonds is 8. The van der Waals surface area contributed by atoms with Crippen LogP contribution in [0, 0.1) is 0 Å². The summed E-state index contributed by atoms with van der Waals surface area (Å²) in [6, 6.07) is 15.5. The summed E-state index contributed by atoms with van der Waals surface area (Å²) in [7, 11) is 0. The zero-order valence-corrected chi connectivity index (χ0v) is 17.7. The third kappa shape index (κ3) is 5.29. The molecule has 2 heterocycles. The first-order chi connectivity index (χ1) is 14.6. The van der Waals surface area contributed by atoms with Crippen LogP contribution in [-0.2, 0) is 34.6 Å². The standard InChI is InChI=1S/C24H27ClN2O3/c25-21-10-8-19(9-11-21)15-24(28,17-27-13-12-26-18-27)22-6-2-1-5-20(22)16-30-23-7-3-4-14-29-23/h1-2,5-6,8-13,18,23,28H,3-4,7,14-17H2. The summed E-state index contributed by atoms with van der Waals surface area (Å²) in [5, 5.41) is 12.6. The highest BCUT2D eigenvalue weighted by atomic mass is 35.5. The lowest BCUT2D eigenvalue weighted by atomic mass is 9.84. The molecule has 1 aliphatic rings. The quantitative estimate of drug-likeness (QED) is 0.566. The number of aromatic nitrogens is 2. The van der Waals surface area contributed by atoms with Crippen molar-refractivity contribution in [1.29, 1.82) is 0 Å². The molecular formula is C24H27ClN2O3. The predicted molar refractivity (Wildman–Crippen MR) is 116 cm³/mol. The Morgan fingerprint density at radius 1 is 1.17 bits per heavy atom. The van der Waals surface area contributed by atoms with Gasteiger partial charge in [0.1, 0.15) is 5.60 Å². The largest absolute Gasteiger partial charge is 0.383 e. The molecule has 4 rings (SSSR count). The molecule has 30 heavy (non-hydrogen) atoms. The summed E-state index contributed by atoms with van der Waals surface area (Å²) >= 11 is 6.05. The average Bonchev–Trinajstić information content (AvgIpc) is 3.27. The van der Waals surface area contributed by atoms with Crippen molar-refractivity contribution in [2.75, 3.05) is 6.61 Å². The molecule has 3 aromatic rings. The Hall–Kier alpha value is -2.18. The summed E-state index contributed by atoms with van der Waals surface area (Å²) < 4.78 is 13.6. The first-order valence-corrected chi connectivity index (χ1v) is 10.7. The van der Waals surface area contributed by atoms with Crippen molar-refractivity contribution in [2.45, 2.75) is 50.7 Å². The van der Waals surface area contributed by atoms with Gasteiger partial charge in [0, 0.05) is 30.4 Å². The lowest BCUT2D eigenvalue weighted by Gasteiger charge is -2.32. The highest BCUT2D eigenvalue weighted by molar-refractivity contribution is 6.30. The smallest absolute Gasteiger partial charge is 0.158 e. The van der Waals surface area contributed by atoms with Crippen LogP contribution in [0.3, 0.4) is 0 Å². The van der Waals surface area contributed by atoms with Crippen LogP contribution in [0.1, 0.15) is 36.0 Å². The van der Waals surface area contributed by atoms with Crippen LogP contribution in [0.4, 0.5) is 0 Å². The van der Waals surface area contributed by atoms with E-state index < -0.39 is 5.60 Å². The van der Waals surface area contributed by atoms with Gasteiger partial charge in [0.05, 0.1) is 19.5 Å². The van der Waals surface area contributed by atoms with Crippen molar-refractivity contribution in [1.82, 2.24) is 9.55 Å². The maximum absolute atomic E-state index is 11.9. The van der Waals surface area contributed by atoms with E-state index in [4.69, 9.17) is 21.1 Å². The van der Waals surface area contributed by atoms with Gasteiger partial charge in [0.2, 0.25) is 0 Å². The highest BCUT2D eigenvalue weighted by Gasteiger charge is 2.32. The summed E-state index contributed by atoms with van der Waals surface area (Å²) in [5.74, 6) is 0. The summed E-state index contributed by atoms with van der Waals surface area (Å²) in [4.78, 5) is 4.13. The molecular weight excluding hydrogens is 400 g/mol. The number of hydrogen-bond acceptors (Lipinski definition) is 4. The van der Waals surface area contributed by atoms with Crippen LogP contribution in [0.2, 0.25) is 5.02 Å². The van der Waals surface area contributed by atoms with Gasteiger partial charge in [-0.3, -0.25) is 0 Å². The van der Waals surface area contributed by atoms with Gasteiger partial charge in [-0.25, -0.2) is 4.98 Å². The Labute approximate surface area is 182 Å². The molecule has 0 spiro atoms. The molecule has 0 radical (unpaired) electrons. The molecule has 0 amide bonds. The molecule has 2 unspecified atom stereocenters. The zero-order valence-electron chi connectivity index (χ0n) is 16.9. The molecule has 2 aromatic carbocycles. The van der Waals surface area contributed by atoms with Gasteiger partial charge in [-0.1, -0.05) is 48.0 Å². The van der Waals surface area contributed by atoms with E-state index in [0.29, 0.717) is 24.6 Å². The molecule has 1 fully saturated rings. The monoisotopic (exact) mass is 426 g/mol. The number of hydrogen-bond donors (Lipinski definition) is 1. The number of benzene rings is 2. The Kier molecular flexibility index (Phi) is 6.85. The first kappa shape index (κ1) is 21.1. The number of halogens is 1. The minimum absolute atomic E-state index is 0.176. The number of aliphatic hydroxyl groups is 1. The van der Waals surface area contributed by atoms with Gasteiger partial charge in [-0.05, 0) is 48.1 Å². The fourth-order valence-corrected chi connectivity index (χ4v) is 4.11. The normalized spacial score (nSPS) is 18.8.